The first-order valence-electron chi connectivity index (χ1n) is 8.45. The third kappa shape index (κ3) is 3.87. The maximum absolute atomic E-state index is 12.3. The first-order valence-corrected chi connectivity index (χ1v) is 9.33. The largest absolute Gasteiger partial charge is 0.378 e. The highest BCUT2D eigenvalue weighted by Gasteiger charge is 2.45. The van der Waals surface area contributed by atoms with Crippen LogP contribution in [0, 0.1) is 0 Å². The van der Waals surface area contributed by atoms with Crippen LogP contribution in [0.25, 0.3) is 0 Å². The number of likely N-dealkylation sites (tertiary alicyclic amines) is 1. The quantitative estimate of drug-likeness (QED) is 0.918. The summed E-state index contributed by atoms with van der Waals surface area (Å²) in [7, 11) is 1.77. The van der Waals surface area contributed by atoms with Crippen LogP contribution in [-0.2, 0) is 15.9 Å². The van der Waals surface area contributed by atoms with Crippen LogP contribution in [0.2, 0.25) is 0 Å². The Bertz CT molecular complexity index is 498. The number of thiophene rings is 1. The molecule has 2 aliphatic heterocycles. The topological polar surface area (TPSA) is 50.8 Å². The van der Waals surface area contributed by atoms with E-state index in [0.29, 0.717) is 6.54 Å². The first-order chi connectivity index (χ1) is 11.2. The Kier molecular flexibility index (Phi) is 5.56. The zero-order chi connectivity index (χ0) is 16.1. The van der Waals surface area contributed by atoms with Gasteiger partial charge in [-0.05, 0) is 43.6 Å². The van der Waals surface area contributed by atoms with Crippen LogP contribution in [0.5, 0.6) is 0 Å². The number of nitrogens with one attached hydrogen (secondary N) is 1. The van der Waals surface area contributed by atoms with Crippen molar-refractivity contribution in [1.29, 1.82) is 0 Å². The number of carbonyl (C=O) groups excluding carboxylic acids is 1. The minimum atomic E-state index is -0.180. The summed E-state index contributed by atoms with van der Waals surface area (Å²) in [6.07, 6.45) is 4.92. The van der Waals surface area contributed by atoms with Crippen molar-refractivity contribution in [2.45, 2.75) is 43.8 Å². The van der Waals surface area contributed by atoms with Gasteiger partial charge in [0.05, 0.1) is 11.7 Å². The van der Waals surface area contributed by atoms with E-state index in [1.165, 1.54) is 4.88 Å². The van der Waals surface area contributed by atoms with Crippen LogP contribution in [0.4, 0.5) is 4.79 Å². The Hall–Kier alpha value is -1.11. The van der Waals surface area contributed by atoms with Gasteiger partial charge in [-0.15, -0.1) is 11.3 Å². The van der Waals surface area contributed by atoms with Gasteiger partial charge in [0.25, 0.3) is 0 Å². The zero-order valence-corrected chi connectivity index (χ0v) is 14.6. The van der Waals surface area contributed by atoms with Gasteiger partial charge >= 0.3 is 6.03 Å². The first kappa shape index (κ1) is 16.7. The minimum absolute atomic E-state index is 0.0428. The summed E-state index contributed by atoms with van der Waals surface area (Å²) in [5, 5.41) is 5.10. The van der Waals surface area contributed by atoms with Crippen molar-refractivity contribution in [1.82, 2.24) is 10.2 Å². The van der Waals surface area contributed by atoms with Crippen LogP contribution >= 0.6 is 11.3 Å². The third-order valence-corrected chi connectivity index (χ3v) is 5.93. The fourth-order valence-corrected chi connectivity index (χ4v) is 4.36. The number of hydrogen-bond donors (Lipinski definition) is 1. The number of methoxy groups -OCH3 is 1. The molecule has 0 saturated carbocycles. The molecule has 2 saturated heterocycles. The van der Waals surface area contributed by atoms with Crippen molar-refractivity contribution < 1.29 is 14.3 Å². The van der Waals surface area contributed by atoms with Crippen LogP contribution < -0.4 is 5.32 Å². The molecular formula is C17H26N2O3S. The summed E-state index contributed by atoms with van der Waals surface area (Å²) < 4.78 is 11.7. The number of urea groups is 1. The van der Waals surface area contributed by atoms with Gasteiger partial charge in [-0.3, -0.25) is 0 Å². The second-order valence-electron chi connectivity index (χ2n) is 6.33. The van der Waals surface area contributed by atoms with Gasteiger partial charge in [-0.2, -0.15) is 0 Å². The molecule has 0 bridgehead atoms. The van der Waals surface area contributed by atoms with Gasteiger partial charge < -0.3 is 19.7 Å². The molecule has 1 aromatic heterocycles. The van der Waals surface area contributed by atoms with E-state index in [1.807, 2.05) is 11.0 Å². The molecule has 0 aliphatic carbocycles. The van der Waals surface area contributed by atoms with E-state index in [-0.39, 0.29) is 17.7 Å². The number of piperidine rings is 1. The molecule has 1 spiro atoms. The fourth-order valence-electron chi connectivity index (χ4n) is 3.65. The van der Waals surface area contributed by atoms with Crippen molar-refractivity contribution in [3.8, 4) is 0 Å². The molecule has 1 atom stereocenters. The lowest BCUT2D eigenvalue weighted by Gasteiger charge is -2.47. The summed E-state index contributed by atoms with van der Waals surface area (Å²) in [6, 6.07) is 4.19. The maximum atomic E-state index is 12.3. The van der Waals surface area contributed by atoms with Gasteiger partial charge in [0.15, 0.2) is 0 Å². The summed E-state index contributed by atoms with van der Waals surface area (Å²) in [4.78, 5) is 15.5. The lowest BCUT2D eigenvalue weighted by molar-refractivity contribution is -0.183. The van der Waals surface area contributed by atoms with Crippen LogP contribution in [0.15, 0.2) is 17.5 Å². The average molecular weight is 338 g/mol. The molecule has 0 radical (unpaired) electrons. The molecule has 128 valence electrons. The summed E-state index contributed by atoms with van der Waals surface area (Å²) in [5.41, 5.74) is -0.180. The number of amides is 2. The molecule has 0 unspecified atom stereocenters. The standard InChI is InChI=1S/C17H26N2O3S/c1-21-15-5-2-12-22-17(15)7-10-19(11-8-17)16(20)18-9-6-14-4-3-13-23-14/h3-4,13,15H,2,5-12H2,1H3,(H,18,20)/t15-/m0/s1. The molecule has 1 N–H and O–H groups in total. The Morgan fingerprint density at radius 2 is 2.35 bits per heavy atom. The van der Waals surface area contributed by atoms with Crippen molar-refractivity contribution in [2.24, 2.45) is 0 Å². The summed E-state index contributed by atoms with van der Waals surface area (Å²) in [5.74, 6) is 0. The van der Waals surface area contributed by atoms with Crippen molar-refractivity contribution >= 4 is 17.4 Å². The Morgan fingerprint density at radius 3 is 3.04 bits per heavy atom. The second kappa shape index (κ2) is 7.64. The second-order valence-corrected chi connectivity index (χ2v) is 7.36. The van der Waals surface area contributed by atoms with Crippen molar-refractivity contribution in [3.05, 3.63) is 22.4 Å². The smallest absolute Gasteiger partial charge is 0.317 e. The molecule has 3 rings (SSSR count). The van der Waals surface area contributed by atoms with Crippen LogP contribution in [0.3, 0.4) is 0 Å². The minimum Gasteiger partial charge on any atom is -0.378 e. The maximum Gasteiger partial charge on any atom is 0.317 e. The van der Waals surface area contributed by atoms with E-state index < -0.39 is 0 Å². The van der Waals surface area contributed by atoms with Gasteiger partial charge in [0.2, 0.25) is 0 Å². The van der Waals surface area contributed by atoms with Gasteiger partial charge in [-0.25, -0.2) is 4.79 Å². The highest BCUT2D eigenvalue weighted by molar-refractivity contribution is 7.09. The number of nitrogens with zero attached hydrogens (tertiary/aromatic N) is 1. The van der Waals surface area contributed by atoms with E-state index in [2.05, 4.69) is 16.8 Å². The molecule has 2 aliphatic rings. The molecule has 1 aromatic rings. The van der Waals surface area contributed by atoms with Crippen molar-refractivity contribution in [2.75, 3.05) is 33.4 Å². The molecule has 23 heavy (non-hydrogen) atoms. The molecule has 3 heterocycles. The zero-order valence-electron chi connectivity index (χ0n) is 13.8. The highest BCUT2D eigenvalue weighted by Crippen LogP contribution is 2.36. The van der Waals surface area contributed by atoms with E-state index in [0.717, 1.165) is 51.8 Å². The van der Waals surface area contributed by atoms with Gasteiger partial charge in [0, 0.05) is 38.2 Å². The van der Waals surface area contributed by atoms with E-state index in [9.17, 15) is 4.79 Å². The Balaban J connectivity index is 1.45. The monoisotopic (exact) mass is 338 g/mol. The Morgan fingerprint density at radius 1 is 1.52 bits per heavy atom. The summed E-state index contributed by atoms with van der Waals surface area (Å²) in [6.45, 7) is 2.99. The van der Waals surface area contributed by atoms with E-state index in [1.54, 1.807) is 18.4 Å². The third-order valence-electron chi connectivity index (χ3n) is 5.00. The number of rotatable bonds is 4. The molecule has 2 amide bonds. The van der Waals surface area contributed by atoms with Gasteiger partial charge in [0.1, 0.15) is 0 Å². The SMILES string of the molecule is CO[C@H]1CCCOC12CCN(C(=O)NCCc1cccs1)CC2. The van der Waals surface area contributed by atoms with Gasteiger partial charge in [-0.1, -0.05) is 6.07 Å². The Labute approximate surface area is 142 Å². The average Bonchev–Trinajstić information content (AvgIpc) is 3.09. The highest BCUT2D eigenvalue weighted by atomic mass is 32.1. The predicted molar refractivity (Wildman–Crippen MR) is 90.9 cm³/mol. The van der Waals surface area contributed by atoms with Crippen molar-refractivity contribution in [3.63, 3.8) is 0 Å². The normalized spacial score (nSPS) is 23.9. The lowest BCUT2D eigenvalue weighted by atomic mass is 9.82. The predicted octanol–water partition coefficient (Wildman–Crippen LogP) is 2.66. The number of ether oxygens (including phenoxy) is 2. The molecule has 6 heteroatoms. The molecule has 2 fully saturated rings. The fraction of sp³-hybridized carbons (Fsp3) is 0.706. The van der Waals surface area contributed by atoms with E-state index >= 15 is 0 Å². The molecular weight excluding hydrogens is 312 g/mol. The number of carbonyl (C=O) groups is 1. The molecule has 5 nitrogen and oxygen atoms in total. The van der Waals surface area contributed by atoms with E-state index in [4.69, 9.17) is 9.47 Å². The lowest BCUT2D eigenvalue weighted by Crippen LogP contribution is -2.57. The summed E-state index contributed by atoms with van der Waals surface area (Å²) >= 11 is 1.73. The van der Waals surface area contributed by atoms with Crippen LogP contribution in [0.1, 0.15) is 30.6 Å². The number of hydrogen-bond acceptors (Lipinski definition) is 4. The molecule has 0 aromatic carbocycles. The van der Waals surface area contributed by atoms with Crippen LogP contribution in [-0.4, -0.2) is 56.0 Å².